The number of benzene rings is 1. The molecule has 9 atom stereocenters. The van der Waals surface area contributed by atoms with Crippen LogP contribution in [0.3, 0.4) is 0 Å². The van der Waals surface area contributed by atoms with Crippen LogP contribution in [0.2, 0.25) is 0 Å². The van der Waals surface area contributed by atoms with E-state index in [9.17, 15) is 20.1 Å². The molecule has 1 aliphatic carbocycles. The lowest BCUT2D eigenvalue weighted by molar-refractivity contribution is -0.266. The predicted octanol–water partition coefficient (Wildman–Crippen LogP) is 3.13. The zero-order valence-corrected chi connectivity index (χ0v) is 20.5. The Morgan fingerprint density at radius 1 is 1.21 bits per heavy atom. The van der Waals surface area contributed by atoms with Gasteiger partial charge in [0.05, 0.1) is 0 Å². The van der Waals surface area contributed by atoms with E-state index in [2.05, 4.69) is 27.4 Å². The van der Waals surface area contributed by atoms with Gasteiger partial charge in [-0.15, -0.1) is 0 Å². The average Bonchev–Trinajstić information content (AvgIpc) is 3.34. The van der Waals surface area contributed by atoms with Crippen molar-refractivity contribution >= 4 is 5.97 Å². The number of esters is 1. The highest BCUT2D eigenvalue weighted by atomic mass is 16.6. The summed E-state index contributed by atoms with van der Waals surface area (Å²) >= 11 is 0. The molecule has 0 spiro atoms. The molecule has 34 heavy (non-hydrogen) atoms. The van der Waals surface area contributed by atoms with Crippen LogP contribution in [0.1, 0.15) is 58.6 Å². The average molecular weight is 475 g/mol. The van der Waals surface area contributed by atoms with E-state index >= 15 is 0 Å². The Kier molecular flexibility index (Phi) is 6.86. The lowest BCUT2D eigenvalue weighted by atomic mass is 9.69. The van der Waals surface area contributed by atoms with Crippen LogP contribution in [0, 0.1) is 23.7 Å². The monoisotopic (exact) mass is 474 g/mol. The van der Waals surface area contributed by atoms with Gasteiger partial charge < -0.3 is 29.5 Å². The summed E-state index contributed by atoms with van der Waals surface area (Å²) in [4.78, 5) is 12.1. The van der Waals surface area contributed by atoms with Crippen LogP contribution in [0.4, 0.5) is 0 Å². The van der Waals surface area contributed by atoms with E-state index in [-0.39, 0.29) is 23.5 Å². The van der Waals surface area contributed by atoms with Crippen molar-refractivity contribution in [3.8, 4) is 0 Å². The summed E-state index contributed by atoms with van der Waals surface area (Å²) in [5.41, 5.74) is -0.877. The number of carbonyl (C=O) groups excluding carboxylic acids is 1. The maximum absolute atomic E-state index is 12.1. The molecule has 0 aromatic heterocycles. The van der Waals surface area contributed by atoms with Gasteiger partial charge >= 0.3 is 5.97 Å². The quantitative estimate of drug-likeness (QED) is 0.393. The summed E-state index contributed by atoms with van der Waals surface area (Å²) in [6.45, 7) is 11.7. The van der Waals surface area contributed by atoms with E-state index in [0.717, 1.165) is 12.8 Å². The van der Waals surface area contributed by atoms with Crippen LogP contribution in [-0.2, 0) is 19.0 Å². The maximum Gasteiger partial charge on any atom is 0.332 e. The second-order valence-corrected chi connectivity index (χ2v) is 10.8. The minimum absolute atomic E-state index is 0.0207. The molecule has 1 aromatic rings. The van der Waals surface area contributed by atoms with Gasteiger partial charge in [0.2, 0.25) is 0 Å². The molecular formula is C27H38O7. The molecule has 2 bridgehead atoms. The molecule has 2 saturated heterocycles. The standard InChI is InChI=1S/C27H38O7/c1-15(2)27-13-20(33-21(29)14-28)26(5,34-27)19-12-11-16(3)22(19)25(27)32-17(4)23(30)24(31)18-9-7-6-8-10-18/h6-10,15-16,19-20,22-25,28,30-31H,4,11-14H2,1-3,5H3. The number of aliphatic hydroxyl groups is 3. The molecule has 0 radical (unpaired) electrons. The van der Waals surface area contributed by atoms with Crippen LogP contribution in [0.5, 0.6) is 0 Å². The largest absolute Gasteiger partial charge is 0.489 e. The van der Waals surface area contributed by atoms with Gasteiger partial charge in [0.25, 0.3) is 0 Å². The molecule has 4 rings (SSSR count). The Labute approximate surface area is 201 Å². The first-order valence-electron chi connectivity index (χ1n) is 12.3. The molecule has 7 heteroatoms. The van der Waals surface area contributed by atoms with E-state index in [1.54, 1.807) is 24.3 Å². The van der Waals surface area contributed by atoms with Gasteiger partial charge in [-0.25, -0.2) is 4.79 Å². The fourth-order valence-electron chi connectivity index (χ4n) is 6.68. The second-order valence-electron chi connectivity index (χ2n) is 10.8. The first kappa shape index (κ1) is 25.2. The molecule has 1 aromatic carbocycles. The van der Waals surface area contributed by atoms with Gasteiger partial charge in [-0.05, 0) is 43.1 Å². The molecule has 7 nitrogen and oxygen atoms in total. The smallest absolute Gasteiger partial charge is 0.332 e. The van der Waals surface area contributed by atoms with E-state index in [0.29, 0.717) is 17.9 Å². The van der Waals surface area contributed by atoms with Crippen molar-refractivity contribution in [2.24, 2.45) is 23.7 Å². The lowest BCUT2D eigenvalue weighted by Gasteiger charge is -2.53. The third-order valence-corrected chi connectivity index (χ3v) is 8.60. The van der Waals surface area contributed by atoms with Crippen LogP contribution in [0.15, 0.2) is 42.7 Å². The Hall–Kier alpha value is -1.93. The maximum atomic E-state index is 12.1. The van der Waals surface area contributed by atoms with Gasteiger partial charge in [-0.3, -0.25) is 0 Å². The fraction of sp³-hybridized carbons (Fsp3) is 0.667. The Morgan fingerprint density at radius 3 is 2.50 bits per heavy atom. The van der Waals surface area contributed by atoms with E-state index in [1.807, 2.05) is 13.0 Å². The van der Waals surface area contributed by atoms with Gasteiger partial charge in [-0.1, -0.05) is 57.7 Å². The van der Waals surface area contributed by atoms with Crippen molar-refractivity contribution in [1.82, 2.24) is 0 Å². The molecular weight excluding hydrogens is 436 g/mol. The van der Waals surface area contributed by atoms with Crippen molar-refractivity contribution in [1.29, 1.82) is 0 Å². The highest BCUT2D eigenvalue weighted by molar-refractivity contribution is 5.70. The first-order valence-corrected chi connectivity index (χ1v) is 12.3. The highest BCUT2D eigenvalue weighted by Gasteiger charge is 2.72. The molecule has 1 saturated carbocycles. The Morgan fingerprint density at radius 2 is 1.88 bits per heavy atom. The predicted molar refractivity (Wildman–Crippen MR) is 125 cm³/mol. The fourth-order valence-corrected chi connectivity index (χ4v) is 6.68. The molecule has 3 N–H and O–H groups in total. The van der Waals surface area contributed by atoms with Crippen molar-refractivity contribution < 1.29 is 34.3 Å². The number of carbonyl (C=O) groups is 1. The van der Waals surface area contributed by atoms with E-state index in [1.165, 1.54) is 0 Å². The first-order chi connectivity index (χ1) is 16.0. The van der Waals surface area contributed by atoms with Crippen molar-refractivity contribution in [2.45, 2.75) is 82.6 Å². The Bertz CT molecular complexity index is 901. The summed E-state index contributed by atoms with van der Waals surface area (Å²) in [7, 11) is 0. The van der Waals surface area contributed by atoms with E-state index < -0.39 is 48.2 Å². The third-order valence-electron chi connectivity index (χ3n) is 8.60. The minimum atomic E-state index is -1.31. The van der Waals surface area contributed by atoms with Crippen molar-refractivity contribution in [3.05, 3.63) is 48.2 Å². The molecule has 3 aliphatic rings. The molecule has 188 valence electrons. The zero-order valence-electron chi connectivity index (χ0n) is 20.5. The number of hydrogen-bond acceptors (Lipinski definition) is 7. The lowest BCUT2D eigenvalue weighted by Crippen LogP contribution is -2.62. The number of ether oxygens (including phenoxy) is 3. The van der Waals surface area contributed by atoms with Crippen LogP contribution in [-0.4, -0.2) is 57.4 Å². The summed E-state index contributed by atoms with van der Waals surface area (Å²) < 4.78 is 19.0. The number of hydrogen-bond donors (Lipinski definition) is 3. The number of aliphatic hydroxyl groups excluding tert-OH is 3. The Balaban J connectivity index is 1.66. The SMILES string of the molecule is C=C(OC1C2C(C)CCC2C2(C)OC1(C(C)C)CC2OC(=O)CO)C(O)C(O)c1ccccc1. The van der Waals surface area contributed by atoms with Gasteiger partial charge in [0, 0.05) is 12.3 Å². The topological polar surface area (TPSA) is 105 Å². The zero-order chi connectivity index (χ0) is 24.8. The second kappa shape index (κ2) is 9.26. The number of fused-ring (bicyclic) bond motifs is 4. The summed E-state index contributed by atoms with van der Waals surface area (Å²) in [6.07, 6.45) is -1.07. The van der Waals surface area contributed by atoms with Crippen molar-refractivity contribution in [2.75, 3.05) is 6.61 Å². The van der Waals surface area contributed by atoms with Crippen LogP contribution >= 0.6 is 0 Å². The summed E-state index contributed by atoms with van der Waals surface area (Å²) in [6, 6.07) is 8.94. The van der Waals surface area contributed by atoms with Gasteiger partial charge in [0.15, 0.2) is 0 Å². The molecule has 2 aliphatic heterocycles. The molecule has 2 heterocycles. The molecule has 0 amide bonds. The highest BCUT2D eigenvalue weighted by Crippen LogP contribution is 2.63. The normalized spacial score (nSPS) is 38.3. The third kappa shape index (κ3) is 3.96. The summed E-state index contributed by atoms with van der Waals surface area (Å²) in [5.74, 6) is -0.00595. The van der Waals surface area contributed by atoms with Crippen molar-refractivity contribution in [3.63, 3.8) is 0 Å². The van der Waals surface area contributed by atoms with Gasteiger partial charge in [0.1, 0.15) is 48.0 Å². The number of rotatable bonds is 8. The molecule has 9 unspecified atom stereocenters. The van der Waals surface area contributed by atoms with Crippen LogP contribution in [0.25, 0.3) is 0 Å². The summed E-state index contributed by atoms with van der Waals surface area (Å²) in [5, 5.41) is 30.9. The van der Waals surface area contributed by atoms with Crippen LogP contribution < -0.4 is 0 Å². The van der Waals surface area contributed by atoms with E-state index in [4.69, 9.17) is 14.2 Å². The minimum Gasteiger partial charge on any atom is -0.489 e. The molecule has 3 fully saturated rings. The van der Waals surface area contributed by atoms with Gasteiger partial charge in [-0.2, -0.15) is 0 Å².